The van der Waals surface area contributed by atoms with Crippen LogP contribution in [0.1, 0.15) is 19.7 Å². The molecule has 11 heteroatoms. The Morgan fingerprint density at radius 1 is 1.16 bits per heavy atom. The molecule has 2 aromatic carbocycles. The van der Waals surface area contributed by atoms with Crippen LogP contribution < -0.4 is 11.2 Å². The second kappa shape index (κ2) is 7.80. The SMILES string of the molecule is CCn1c2ccccc2c2cc(NC(=O)C(C)Sc3nnc(C(F)(F)F)n3N)ccc21. The number of aryl methyl sites for hydroxylation is 1. The molecule has 0 aliphatic carbocycles. The Labute approximate surface area is 179 Å². The quantitative estimate of drug-likeness (QED) is 0.352. The zero-order chi connectivity index (χ0) is 22.3. The number of alkyl halides is 3. The van der Waals surface area contributed by atoms with Crippen molar-refractivity contribution in [2.24, 2.45) is 0 Å². The Hall–Kier alpha value is -3.21. The summed E-state index contributed by atoms with van der Waals surface area (Å²) in [4.78, 5) is 12.6. The number of aromatic nitrogens is 4. The van der Waals surface area contributed by atoms with Crippen LogP contribution >= 0.6 is 11.8 Å². The molecule has 162 valence electrons. The molecule has 0 spiro atoms. The van der Waals surface area contributed by atoms with Gasteiger partial charge in [-0.3, -0.25) is 4.79 Å². The van der Waals surface area contributed by atoms with E-state index in [0.29, 0.717) is 10.4 Å². The number of carbonyl (C=O) groups is 1. The molecule has 0 fully saturated rings. The largest absolute Gasteiger partial charge is 0.453 e. The lowest BCUT2D eigenvalue weighted by atomic mass is 10.1. The first-order valence-corrected chi connectivity index (χ1v) is 10.3. The van der Waals surface area contributed by atoms with Gasteiger partial charge in [0.25, 0.3) is 5.82 Å². The molecule has 3 N–H and O–H groups in total. The second-order valence-corrected chi connectivity index (χ2v) is 8.22. The van der Waals surface area contributed by atoms with Gasteiger partial charge in [-0.25, -0.2) is 4.68 Å². The Bertz CT molecular complexity index is 1280. The molecule has 2 aromatic heterocycles. The molecule has 4 rings (SSSR count). The number of nitrogens with zero attached hydrogens (tertiary/aromatic N) is 4. The fourth-order valence-corrected chi connectivity index (χ4v) is 4.25. The third-order valence-corrected chi connectivity index (χ3v) is 5.98. The monoisotopic (exact) mass is 448 g/mol. The molecule has 31 heavy (non-hydrogen) atoms. The van der Waals surface area contributed by atoms with Gasteiger partial charge in [-0.2, -0.15) is 13.2 Å². The van der Waals surface area contributed by atoms with Crippen LogP contribution in [0.5, 0.6) is 0 Å². The highest BCUT2D eigenvalue weighted by Crippen LogP contribution is 2.32. The molecule has 1 unspecified atom stereocenters. The Morgan fingerprint density at radius 3 is 2.55 bits per heavy atom. The Balaban J connectivity index is 1.56. The van der Waals surface area contributed by atoms with Crippen molar-refractivity contribution in [3.05, 3.63) is 48.3 Å². The molecule has 2 heterocycles. The van der Waals surface area contributed by atoms with Crippen molar-refractivity contribution in [3.63, 3.8) is 0 Å². The number of anilines is 1. The number of para-hydroxylation sites is 1. The molecule has 1 amide bonds. The highest BCUT2D eigenvalue weighted by molar-refractivity contribution is 8.00. The van der Waals surface area contributed by atoms with E-state index in [1.54, 1.807) is 13.0 Å². The van der Waals surface area contributed by atoms with E-state index >= 15 is 0 Å². The maximum Gasteiger partial charge on any atom is 0.453 e. The average molecular weight is 448 g/mol. The van der Waals surface area contributed by atoms with Crippen LogP contribution in [0.3, 0.4) is 0 Å². The number of rotatable bonds is 5. The molecule has 0 aliphatic heterocycles. The topological polar surface area (TPSA) is 90.8 Å². The van der Waals surface area contributed by atoms with E-state index in [1.807, 2.05) is 36.4 Å². The van der Waals surface area contributed by atoms with Crippen molar-refractivity contribution in [2.75, 3.05) is 11.2 Å². The van der Waals surface area contributed by atoms with Gasteiger partial charge in [0.05, 0.1) is 5.25 Å². The van der Waals surface area contributed by atoms with Gasteiger partial charge in [0.2, 0.25) is 11.1 Å². The summed E-state index contributed by atoms with van der Waals surface area (Å²) in [6.07, 6.45) is -4.72. The van der Waals surface area contributed by atoms with E-state index in [1.165, 1.54) is 0 Å². The smallest absolute Gasteiger partial charge is 0.341 e. The van der Waals surface area contributed by atoms with E-state index in [4.69, 9.17) is 5.84 Å². The molecule has 0 radical (unpaired) electrons. The van der Waals surface area contributed by atoms with Crippen molar-refractivity contribution in [1.82, 2.24) is 19.4 Å². The van der Waals surface area contributed by atoms with Gasteiger partial charge in [0, 0.05) is 34.0 Å². The predicted octanol–water partition coefficient (Wildman–Crippen LogP) is 4.26. The number of fused-ring (bicyclic) bond motifs is 3. The lowest BCUT2D eigenvalue weighted by Gasteiger charge is -2.12. The number of nitrogens with two attached hydrogens (primary N) is 1. The number of amides is 1. The fourth-order valence-electron chi connectivity index (χ4n) is 3.48. The molecular weight excluding hydrogens is 429 g/mol. The van der Waals surface area contributed by atoms with Crippen molar-refractivity contribution in [1.29, 1.82) is 0 Å². The summed E-state index contributed by atoms with van der Waals surface area (Å²) in [5.41, 5.74) is 2.75. The molecule has 7 nitrogen and oxygen atoms in total. The van der Waals surface area contributed by atoms with Gasteiger partial charge in [-0.1, -0.05) is 30.0 Å². The first-order valence-electron chi connectivity index (χ1n) is 9.47. The Kier molecular flexibility index (Phi) is 5.29. The van der Waals surface area contributed by atoms with Crippen LogP contribution in [0.15, 0.2) is 47.6 Å². The zero-order valence-electron chi connectivity index (χ0n) is 16.6. The lowest BCUT2D eigenvalue weighted by molar-refractivity contribution is -0.146. The molecule has 0 saturated heterocycles. The van der Waals surface area contributed by atoms with Crippen molar-refractivity contribution >= 4 is 45.2 Å². The van der Waals surface area contributed by atoms with Crippen molar-refractivity contribution < 1.29 is 18.0 Å². The molecule has 0 saturated carbocycles. The third kappa shape index (κ3) is 3.80. The fraction of sp³-hybridized carbons (Fsp3) is 0.250. The number of thioether (sulfide) groups is 1. The second-order valence-electron chi connectivity index (χ2n) is 6.92. The van der Waals surface area contributed by atoms with Gasteiger partial charge in [0.15, 0.2) is 0 Å². The van der Waals surface area contributed by atoms with Crippen LogP contribution in [0, 0.1) is 0 Å². The summed E-state index contributed by atoms with van der Waals surface area (Å²) in [6, 6.07) is 13.7. The maximum atomic E-state index is 12.8. The van der Waals surface area contributed by atoms with Gasteiger partial charge >= 0.3 is 6.18 Å². The first-order chi connectivity index (χ1) is 14.7. The summed E-state index contributed by atoms with van der Waals surface area (Å²) in [7, 11) is 0. The Morgan fingerprint density at radius 2 is 1.87 bits per heavy atom. The lowest BCUT2D eigenvalue weighted by Crippen LogP contribution is -2.25. The molecule has 1 atom stereocenters. The summed E-state index contributed by atoms with van der Waals surface area (Å²) < 4.78 is 41.0. The predicted molar refractivity (Wildman–Crippen MR) is 114 cm³/mol. The number of hydrogen-bond acceptors (Lipinski definition) is 5. The van der Waals surface area contributed by atoms with Gasteiger partial charge < -0.3 is 15.7 Å². The van der Waals surface area contributed by atoms with Crippen LogP contribution in [0.4, 0.5) is 18.9 Å². The van der Waals surface area contributed by atoms with Crippen LogP contribution in [0.2, 0.25) is 0 Å². The average Bonchev–Trinajstić information content (AvgIpc) is 3.25. The normalized spacial score (nSPS) is 13.1. The molecule has 0 aliphatic rings. The third-order valence-electron chi connectivity index (χ3n) is 4.93. The number of halogens is 3. The van der Waals surface area contributed by atoms with Crippen molar-refractivity contribution in [3.8, 4) is 0 Å². The summed E-state index contributed by atoms with van der Waals surface area (Å²) in [5.74, 6) is 3.73. The van der Waals surface area contributed by atoms with E-state index in [2.05, 4.69) is 27.0 Å². The van der Waals surface area contributed by atoms with Crippen molar-refractivity contribution in [2.45, 2.75) is 37.0 Å². The van der Waals surface area contributed by atoms with E-state index < -0.39 is 17.3 Å². The highest BCUT2D eigenvalue weighted by Gasteiger charge is 2.38. The van der Waals surface area contributed by atoms with Gasteiger partial charge in [-0.05, 0) is 38.1 Å². The molecule has 0 bridgehead atoms. The number of carbonyl (C=O) groups excluding carboxylic acids is 1. The minimum Gasteiger partial charge on any atom is -0.341 e. The summed E-state index contributed by atoms with van der Waals surface area (Å²) >= 11 is 0.797. The van der Waals surface area contributed by atoms with E-state index in [0.717, 1.165) is 40.1 Å². The van der Waals surface area contributed by atoms with Crippen LogP contribution in [0.25, 0.3) is 21.8 Å². The van der Waals surface area contributed by atoms with Crippen LogP contribution in [-0.2, 0) is 17.5 Å². The minimum atomic E-state index is -4.72. The summed E-state index contributed by atoms with van der Waals surface area (Å²) in [6.45, 7) is 4.44. The molecular formula is C20H19F3N6OS. The number of nitrogen functional groups attached to an aromatic ring is 1. The number of hydrogen-bond donors (Lipinski definition) is 2. The van der Waals surface area contributed by atoms with E-state index in [-0.39, 0.29) is 11.1 Å². The minimum absolute atomic E-state index is 0.198. The zero-order valence-corrected chi connectivity index (χ0v) is 17.5. The summed E-state index contributed by atoms with van der Waals surface area (Å²) in [5, 5.41) is 10.5. The first kappa shape index (κ1) is 21.0. The van der Waals surface area contributed by atoms with Gasteiger partial charge in [0.1, 0.15) is 0 Å². The molecule has 4 aromatic rings. The standard InChI is InChI=1S/C20H19F3N6OS/c1-3-28-15-7-5-4-6-13(15)14-10-12(8-9-16(14)28)25-17(30)11(2)31-19-27-26-18(29(19)24)20(21,22)23/h4-11H,3,24H2,1-2H3,(H,25,30). The van der Waals surface area contributed by atoms with E-state index in [9.17, 15) is 18.0 Å². The van der Waals surface area contributed by atoms with Gasteiger partial charge in [-0.15, -0.1) is 10.2 Å². The maximum absolute atomic E-state index is 12.8. The number of nitrogens with one attached hydrogen (secondary N) is 1. The number of benzene rings is 2. The van der Waals surface area contributed by atoms with Crippen LogP contribution in [-0.4, -0.2) is 30.6 Å². The highest BCUT2D eigenvalue weighted by atomic mass is 32.2.